The number of halogens is 3. The van der Waals surface area contributed by atoms with E-state index in [1.807, 2.05) is 0 Å². The van der Waals surface area contributed by atoms with Gasteiger partial charge in [0.05, 0.1) is 5.56 Å². The van der Waals surface area contributed by atoms with Gasteiger partial charge in [-0.1, -0.05) is 0 Å². The van der Waals surface area contributed by atoms with Crippen molar-refractivity contribution in [1.29, 1.82) is 0 Å². The minimum atomic E-state index is -4.38. The minimum Gasteiger partial charge on any atom is -0.487 e. The second kappa shape index (κ2) is 7.74. The first-order valence-electron chi connectivity index (χ1n) is 7.33. The van der Waals surface area contributed by atoms with Crippen molar-refractivity contribution in [3.63, 3.8) is 0 Å². The lowest BCUT2D eigenvalue weighted by atomic mass is 10.2. The summed E-state index contributed by atoms with van der Waals surface area (Å²) in [5, 5.41) is 0. The minimum absolute atomic E-state index is 0.291. The van der Waals surface area contributed by atoms with E-state index in [-0.39, 0.29) is 6.10 Å². The van der Waals surface area contributed by atoms with E-state index in [1.165, 1.54) is 24.3 Å². The summed E-state index contributed by atoms with van der Waals surface area (Å²) in [6, 6.07) is 11.0. The van der Waals surface area contributed by atoms with Crippen LogP contribution in [0.25, 0.3) is 0 Å². The fraction of sp³-hybridized carbons (Fsp3) is 0.167. The van der Waals surface area contributed by atoms with Crippen LogP contribution in [0.15, 0.2) is 60.7 Å². The van der Waals surface area contributed by atoms with Gasteiger partial charge in [-0.3, -0.25) is 4.79 Å². The van der Waals surface area contributed by atoms with Crippen molar-refractivity contribution in [2.75, 3.05) is 0 Å². The normalized spacial score (nSPS) is 12.8. The number of primary amides is 1. The number of amides is 1. The van der Waals surface area contributed by atoms with Crippen LogP contribution in [-0.2, 0) is 11.0 Å². The fourth-order valence-corrected chi connectivity index (χ4v) is 1.92. The number of ether oxygens (including phenoxy) is 2. The summed E-state index contributed by atoms with van der Waals surface area (Å²) in [7, 11) is 0. The molecule has 1 unspecified atom stereocenters. The quantitative estimate of drug-likeness (QED) is 0.789. The maximum Gasteiger partial charge on any atom is 0.416 e. The highest BCUT2D eigenvalue weighted by Gasteiger charge is 2.30. The Balaban J connectivity index is 1.97. The van der Waals surface area contributed by atoms with Crippen LogP contribution in [0.5, 0.6) is 17.2 Å². The van der Waals surface area contributed by atoms with E-state index in [1.54, 1.807) is 31.2 Å². The molecule has 1 atom stereocenters. The molecule has 2 rings (SSSR count). The summed E-state index contributed by atoms with van der Waals surface area (Å²) in [5.41, 5.74) is 4.27. The number of hydrogen-bond acceptors (Lipinski definition) is 3. The molecule has 0 radical (unpaired) electrons. The van der Waals surface area contributed by atoms with Crippen LogP contribution in [0.3, 0.4) is 0 Å². The van der Waals surface area contributed by atoms with Crippen molar-refractivity contribution in [1.82, 2.24) is 0 Å². The van der Waals surface area contributed by atoms with Gasteiger partial charge in [-0.25, -0.2) is 0 Å². The topological polar surface area (TPSA) is 61.6 Å². The van der Waals surface area contributed by atoms with Gasteiger partial charge in [0.2, 0.25) is 5.91 Å². The number of carbonyl (C=O) groups is 1. The standard InChI is InChI=1S/C18H16F3NO3/c1-12(2-11-17(22)23)24-14-7-9-16(10-8-14)25-15-5-3-13(4-6-15)18(19,20)21/h2-12H,1H3,(H2,22,23). The highest BCUT2D eigenvalue weighted by molar-refractivity contribution is 5.85. The Bertz CT molecular complexity index is 738. The molecule has 7 heteroatoms. The Hall–Kier alpha value is -2.96. The molecule has 0 fully saturated rings. The van der Waals surface area contributed by atoms with Crippen LogP contribution >= 0.6 is 0 Å². The van der Waals surface area contributed by atoms with Crippen LogP contribution in [-0.4, -0.2) is 12.0 Å². The van der Waals surface area contributed by atoms with Gasteiger partial charge in [0.25, 0.3) is 0 Å². The number of benzene rings is 2. The lowest BCUT2D eigenvalue weighted by molar-refractivity contribution is -0.137. The Morgan fingerprint density at radius 2 is 1.48 bits per heavy atom. The molecule has 0 heterocycles. The van der Waals surface area contributed by atoms with Gasteiger partial charge >= 0.3 is 6.18 Å². The first-order valence-corrected chi connectivity index (χ1v) is 7.33. The molecule has 2 aromatic rings. The third-order valence-corrected chi connectivity index (χ3v) is 3.09. The molecule has 0 bridgehead atoms. The lowest BCUT2D eigenvalue weighted by Crippen LogP contribution is -2.11. The third kappa shape index (κ3) is 5.87. The molecule has 0 aliphatic heterocycles. The van der Waals surface area contributed by atoms with Crippen molar-refractivity contribution in [2.24, 2.45) is 5.73 Å². The molecule has 0 saturated heterocycles. The zero-order chi connectivity index (χ0) is 18.4. The van der Waals surface area contributed by atoms with Crippen LogP contribution in [0.4, 0.5) is 13.2 Å². The van der Waals surface area contributed by atoms with Crippen LogP contribution < -0.4 is 15.2 Å². The Morgan fingerprint density at radius 1 is 1.00 bits per heavy atom. The zero-order valence-electron chi connectivity index (χ0n) is 13.3. The van der Waals surface area contributed by atoms with Gasteiger partial charge in [0, 0.05) is 6.08 Å². The third-order valence-electron chi connectivity index (χ3n) is 3.09. The zero-order valence-corrected chi connectivity index (χ0v) is 13.3. The first kappa shape index (κ1) is 18.4. The average molecular weight is 351 g/mol. The number of carbonyl (C=O) groups excluding carboxylic acids is 1. The van der Waals surface area contributed by atoms with Gasteiger partial charge in [-0.05, 0) is 61.5 Å². The molecule has 2 N–H and O–H groups in total. The van der Waals surface area contributed by atoms with Crippen molar-refractivity contribution >= 4 is 5.91 Å². The van der Waals surface area contributed by atoms with Crippen LogP contribution in [0, 0.1) is 0 Å². The fourth-order valence-electron chi connectivity index (χ4n) is 1.92. The molecule has 4 nitrogen and oxygen atoms in total. The van der Waals surface area contributed by atoms with Gasteiger partial charge in [-0.2, -0.15) is 13.2 Å². The van der Waals surface area contributed by atoms with Crippen molar-refractivity contribution in [3.8, 4) is 17.2 Å². The number of nitrogens with two attached hydrogens (primary N) is 1. The molecule has 2 aromatic carbocycles. The maximum atomic E-state index is 12.5. The number of hydrogen-bond donors (Lipinski definition) is 1. The van der Waals surface area contributed by atoms with Crippen molar-refractivity contribution < 1.29 is 27.4 Å². The van der Waals surface area contributed by atoms with E-state index >= 15 is 0 Å². The van der Waals surface area contributed by atoms with Gasteiger partial charge < -0.3 is 15.2 Å². The molecular formula is C18H16F3NO3. The summed E-state index contributed by atoms with van der Waals surface area (Å²) >= 11 is 0. The summed E-state index contributed by atoms with van der Waals surface area (Å²) in [4.78, 5) is 10.7. The Morgan fingerprint density at radius 3 is 1.96 bits per heavy atom. The van der Waals surface area contributed by atoms with E-state index < -0.39 is 17.6 Å². The van der Waals surface area contributed by atoms with Crippen molar-refractivity contribution in [3.05, 3.63) is 66.2 Å². The summed E-state index contributed by atoms with van der Waals surface area (Å²) in [6.07, 6.45) is -1.99. The summed E-state index contributed by atoms with van der Waals surface area (Å²) in [6.45, 7) is 1.74. The smallest absolute Gasteiger partial charge is 0.416 e. The molecule has 0 aliphatic rings. The number of alkyl halides is 3. The molecule has 0 spiro atoms. The second-order valence-electron chi connectivity index (χ2n) is 5.18. The van der Waals surface area contributed by atoms with Gasteiger partial charge in [0.1, 0.15) is 23.4 Å². The predicted octanol–water partition coefficient (Wildman–Crippen LogP) is 4.31. The van der Waals surface area contributed by atoms with E-state index in [9.17, 15) is 18.0 Å². The van der Waals surface area contributed by atoms with E-state index in [0.717, 1.165) is 12.1 Å². The molecule has 0 saturated carbocycles. The summed E-state index contributed by atoms with van der Waals surface area (Å²) in [5.74, 6) is 0.726. The van der Waals surface area contributed by atoms with Crippen molar-refractivity contribution in [2.45, 2.75) is 19.2 Å². The molecule has 0 aliphatic carbocycles. The highest BCUT2D eigenvalue weighted by atomic mass is 19.4. The molecule has 132 valence electrons. The van der Waals surface area contributed by atoms with Gasteiger partial charge in [0.15, 0.2) is 0 Å². The molecule has 0 aromatic heterocycles. The van der Waals surface area contributed by atoms with E-state index in [4.69, 9.17) is 15.2 Å². The summed E-state index contributed by atoms with van der Waals surface area (Å²) < 4.78 is 48.6. The van der Waals surface area contributed by atoms with Crippen LogP contribution in [0.1, 0.15) is 12.5 Å². The maximum absolute atomic E-state index is 12.5. The predicted molar refractivity (Wildman–Crippen MR) is 86.4 cm³/mol. The molecule has 1 amide bonds. The second-order valence-corrected chi connectivity index (χ2v) is 5.18. The molecular weight excluding hydrogens is 335 g/mol. The Labute approximate surface area is 142 Å². The number of rotatable bonds is 6. The monoisotopic (exact) mass is 351 g/mol. The average Bonchev–Trinajstić information content (AvgIpc) is 2.54. The highest BCUT2D eigenvalue weighted by Crippen LogP contribution is 2.31. The first-order chi connectivity index (χ1) is 11.7. The van der Waals surface area contributed by atoms with Gasteiger partial charge in [-0.15, -0.1) is 0 Å². The lowest BCUT2D eigenvalue weighted by Gasteiger charge is -2.12. The SMILES string of the molecule is CC(C=CC(N)=O)Oc1ccc(Oc2ccc(C(F)(F)F)cc2)cc1. The van der Waals surface area contributed by atoms with Crippen LogP contribution in [0.2, 0.25) is 0 Å². The Kier molecular flexibility index (Phi) is 5.69. The molecule has 25 heavy (non-hydrogen) atoms. The van der Waals surface area contributed by atoms with E-state index in [0.29, 0.717) is 17.2 Å². The largest absolute Gasteiger partial charge is 0.487 e. The van der Waals surface area contributed by atoms with E-state index in [2.05, 4.69) is 0 Å².